The van der Waals surface area contributed by atoms with Crippen molar-refractivity contribution in [1.82, 2.24) is 19.9 Å². The molecule has 0 amide bonds. The number of pyridine rings is 4. The zero-order valence-electron chi connectivity index (χ0n) is 15.9. The van der Waals surface area contributed by atoms with Crippen LogP contribution in [0, 0.1) is 11.8 Å². The Hall–Kier alpha value is -4.36. The van der Waals surface area contributed by atoms with Crippen molar-refractivity contribution in [2.75, 3.05) is 0 Å². The third kappa shape index (κ3) is 2.57. The maximum Gasteiger partial charge on any atom is 0.0977 e. The zero-order chi connectivity index (χ0) is 19.9. The first-order valence-electron chi connectivity index (χ1n) is 9.65. The fourth-order valence-corrected chi connectivity index (χ4v) is 3.89. The van der Waals surface area contributed by atoms with E-state index in [0.29, 0.717) is 0 Å². The number of fused-ring (bicyclic) bond motifs is 6. The van der Waals surface area contributed by atoms with Crippen LogP contribution in [0.3, 0.4) is 0 Å². The summed E-state index contributed by atoms with van der Waals surface area (Å²) in [6.45, 7) is 0. The molecule has 0 spiro atoms. The van der Waals surface area contributed by atoms with Gasteiger partial charge in [-0.2, -0.15) is 0 Å². The second-order valence-corrected chi connectivity index (χ2v) is 7.05. The lowest BCUT2D eigenvalue weighted by Gasteiger charge is -2.06. The van der Waals surface area contributed by atoms with E-state index in [1.807, 2.05) is 48.5 Å². The molecule has 0 N–H and O–H groups in total. The minimum absolute atomic E-state index is 0.870. The van der Waals surface area contributed by atoms with Crippen molar-refractivity contribution in [2.24, 2.45) is 0 Å². The molecule has 0 atom stereocenters. The molecule has 138 valence electrons. The van der Waals surface area contributed by atoms with E-state index in [1.165, 1.54) is 0 Å². The second-order valence-electron chi connectivity index (χ2n) is 7.05. The number of rotatable bonds is 0. The Balaban J connectivity index is 1.64. The summed E-state index contributed by atoms with van der Waals surface area (Å²) in [7, 11) is 0. The summed E-state index contributed by atoms with van der Waals surface area (Å²) >= 11 is 0. The lowest BCUT2D eigenvalue weighted by molar-refractivity contribution is 1.37. The summed E-state index contributed by atoms with van der Waals surface area (Å²) < 4.78 is 0. The first kappa shape index (κ1) is 16.6. The first-order valence-corrected chi connectivity index (χ1v) is 9.65. The van der Waals surface area contributed by atoms with Gasteiger partial charge in [0.15, 0.2) is 0 Å². The predicted octanol–water partition coefficient (Wildman–Crippen LogP) is 5.28. The highest BCUT2D eigenvalue weighted by Gasteiger charge is 2.09. The molecule has 4 heterocycles. The average molecular weight is 382 g/mol. The summed E-state index contributed by atoms with van der Waals surface area (Å²) in [4.78, 5) is 18.2. The Morgan fingerprint density at radius 2 is 0.867 bits per heavy atom. The quantitative estimate of drug-likeness (QED) is 0.265. The van der Waals surface area contributed by atoms with E-state index in [0.717, 1.165) is 54.7 Å². The summed E-state index contributed by atoms with van der Waals surface area (Å²) in [6.07, 6.45) is 7.18. The minimum atomic E-state index is 0.870. The number of hydrogen-bond donors (Lipinski definition) is 0. The number of hydrogen-bond acceptors (Lipinski definition) is 4. The van der Waals surface area contributed by atoms with Gasteiger partial charge >= 0.3 is 0 Å². The van der Waals surface area contributed by atoms with Gasteiger partial charge in [-0.3, -0.25) is 19.9 Å². The van der Waals surface area contributed by atoms with Gasteiger partial charge in [-0.25, -0.2) is 0 Å². The average Bonchev–Trinajstić information content (AvgIpc) is 2.82. The van der Waals surface area contributed by atoms with E-state index in [9.17, 15) is 0 Å². The summed E-state index contributed by atoms with van der Waals surface area (Å²) in [5, 5.41) is 4.06. The van der Waals surface area contributed by atoms with E-state index in [-0.39, 0.29) is 0 Å². The Labute approximate surface area is 172 Å². The number of benzene rings is 2. The molecule has 6 rings (SSSR count). The SMILES string of the molecule is C(#Cc1cc2cccnc2c2ncccc12)c1cc2cccnc2c2ncccc12. The van der Waals surface area contributed by atoms with Crippen molar-refractivity contribution in [3.05, 3.63) is 96.6 Å². The molecule has 0 radical (unpaired) electrons. The van der Waals surface area contributed by atoms with Crippen molar-refractivity contribution in [1.29, 1.82) is 0 Å². The molecule has 0 unspecified atom stereocenters. The molecular weight excluding hydrogens is 368 g/mol. The lowest BCUT2D eigenvalue weighted by Crippen LogP contribution is -1.90. The fourth-order valence-electron chi connectivity index (χ4n) is 3.89. The molecule has 30 heavy (non-hydrogen) atoms. The Bertz CT molecular complexity index is 1540. The Morgan fingerprint density at radius 1 is 0.467 bits per heavy atom. The van der Waals surface area contributed by atoms with Gasteiger partial charge in [0.05, 0.1) is 22.1 Å². The molecular formula is C26H14N4. The fraction of sp³-hybridized carbons (Fsp3) is 0. The lowest BCUT2D eigenvalue weighted by atomic mass is 10.0. The van der Waals surface area contributed by atoms with E-state index in [1.54, 1.807) is 24.8 Å². The van der Waals surface area contributed by atoms with Crippen LogP contribution in [0.15, 0.2) is 85.5 Å². The highest BCUT2D eigenvalue weighted by atomic mass is 14.7. The summed E-state index contributed by atoms with van der Waals surface area (Å²) in [6, 6.07) is 20.1. The van der Waals surface area contributed by atoms with Crippen molar-refractivity contribution in [3.8, 4) is 11.8 Å². The van der Waals surface area contributed by atoms with Gasteiger partial charge in [0.25, 0.3) is 0 Å². The molecule has 4 heteroatoms. The van der Waals surface area contributed by atoms with E-state index in [4.69, 9.17) is 0 Å². The van der Waals surface area contributed by atoms with Crippen LogP contribution in [-0.4, -0.2) is 19.9 Å². The van der Waals surface area contributed by atoms with Crippen LogP contribution < -0.4 is 0 Å². The molecule has 0 saturated heterocycles. The monoisotopic (exact) mass is 382 g/mol. The highest BCUT2D eigenvalue weighted by Crippen LogP contribution is 2.27. The van der Waals surface area contributed by atoms with Crippen LogP contribution in [0.25, 0.3) is 43.6 Å². The van der Waals surface area contributed by atoms with E-state index >= 15 is 0 Å². The van der Waals surface area contributed by atoms with Crippen LogP contribution in [0.4, 0.5) is 0 Å². The number of aromatic nitrogens is 4. The van der Waals surface area contributed by atoms with Crippen LogP contribution >= 0.6 is 0 Å². The van der Waals surface area contributed by atoms with Crippen molar-refractivity contribution >= 4 is 43.6 Å². The van der Waals surface area contributed by atoms with Crippen LogP contribution in [-0.2, 0) is 0 Å². The van der Waals surface area contributed by atoms with Crippen molar-refractivity contribution in [3.63, 3.8) is 0 Å². The molecule has 0 saturated carbocycles. The zero-order valence-corrected chi connectivity index (χ0v) is 15.9. The number of nitrogens with zero attached hydrogens (tertiary/aromatic N) is 4. The molecule has 2 aromatic carbocycles. The highest BCUT2D eigenvalue weighted by molar-refractivity contribution is 6.07. The van der Waals surface area contributed by atoms with Crippen LogP contribution in [0.2, 0.25) is 0 Å². The van der Waals surface area contributed by atoms with Gasteiger partial charge in [0.1, 0.15) is 0 Å². The topological polar surface area (TPSA) is 51.6 Å². The molecule has 0 bridgehead atoms. The maximum absolute atomic E-state index is 4.57. The van der Waals surface area contributed by atoms with E-state index < -0.39 is 0 Å². The van der Waals surface area contributed by atoms with Gasteiger partial charge in [-0.15, -0.1) is 0 Å². The van der Waals surface area contributed by atoms with Gasteiger partial charge in [0, 0.05) is 57.5 Å². The van der Waals surface area contributed by atoms with Crippen molar-refractivity contribution < 1.29 is 0 Å². The Kier molecular flexibility index (Phi) is 3.65. The van der Waals surface area contributed by atoms with Crippen LogP contribution in [0.1, 0.15) is 11.1 Å². The van der Waals surface area contributed by atoms with Crippen LogP contribution in [0.5, 0.6) is 0 Å². The Morgan fingerprint density at radius 3 is 1.33 bits per heavy atom. The van der Waals surface area contributed by atoms with Gasteiger partial charge in [0.2, 0.25) is 0 Å². The predicted molar refractivity (Wildman–Crippen MR) is 120 cm³/mol. The first-order chi connectivity index (χ1) is 14.9. The summed E-state index contributed by atoms with van der Waals surface area (Å²) in [5.74, 6) is 6.77. The standard InChI is InChI=1S/C26H14N4/c1-5-19-15-17(21-7-3-13-29-25(21)23(19)27-11-1)9-10-18-16-20-6-2-12-28-24(20)26-22(18)8-4-14-30-26/h1-8,11-16H. The largest absolute Gasteiger partial charge is 0.254 e. The molecule has 0 aliphatic heterocycles. The molecule has 0 aliphatic carbocycles. The molecule has 6 aromatic rings. The van der Waals surface area contributed by atoms with Crippen molar-refractivity contribution in [2.45, 2.75) is 0 Å². The molecule has 0 fully saturated rings. The van der Waals surface area contributed by atoms with E-state index in [2.05, 4.69) is 43.9 Å². The molecule has 4 aromatic heterocycles. The van der Waals surface area contributed by atoms with Gasteiger partial charge in [-0.1, -0.05) is 24.0 Å². The van der Waals surface area contributed by atoms with Gasteiger partial charge < -0.3 is 0 Å². The minimum Gasteiger partial charge on any atom is -0.254 e. The normalized spacial score (nSPS) is 11.1. The summed E-state index contributed by atoms with van der Waals surface area (Å²) in [5.41, 5.74) is 5.39. The molecule has 4 nitrogen and oxygen atoms in total. The molecule has 0 aliphatic rings. The maximum atomic E-state index is 4.57. The third-order valence-corrected chi connectivity index (χ3v) is 5.25. The smallest absolute Gasteiger partial charge is 0.0977 e. The van der Waals surface area contributed by atoms with Gasteiger partial charge in [-0.05, 0) is 48.5 Å². The third-order valence-electron chi connectivity index (χ3n) is 5.25. The second kappa shape index (κ2) is 6.61.